The number of hydrogen-bond donors (Lipinski definition) is 1. The molecule has 2 aliphatic carbocycles. The smallest absolute Gasteiger partial charge is 0.341 e. The molecular weight excluding hydrogens is 357 g/mol. The summed E-state index contributed by atoms with van der Waals surface area (Å²) in [5.41, 5.74) is 0. The van der Waals surface area contributed by atoms with Crippen LogP contribution in [-0.2, 0) is 9.59 Å². The van der Waals surface area contributed by atoms with Gasteiger partial charge in [0.2, 0.25) is 11.8 Å². The monoisotopic (exact) mass is 386 g/mol. The van der Waals surface area contributed by atoms with Crippen molar-refractivity contribution in [2.45, 2.75) is 88.5 Å². The van der Waals surface area contributed by atoms with Gasteiger partial charge in [0.15, 0.2) is 0 Å². The number of nitrogens with zero attached hydrogens (tertiary/aromatic N) is 1. The second kappa shape index (κ2) is 8.23. The van der Waals surface area contributed by atoms with Crippen LogP contribution >= 0.6 is 0 Å². The Bertz CT molecular complexity index is 570. The molecule has 1 heterocycles. The molecule has 152 valence electrons. The maximum Gasteiger partial charge on any atom is 0.391 e. The highest BCUT2D eigenvalue weighted by Crippen LogP contribution is 2.42. The van der Waals surface area contributed by atoms with E-state index in [4.69, 9.17) is 0 Å². The number of fused-ring (bicyclic) bond motifs is 1. The minimum Gasteiger partial charge on any atom is -0.341 e. The molecule has 0 aromatic heterocycles. The molecule has 0 aromatic rings. The number of rotatable bonds is 3. The number of carbonyl (C=O) groups is 2. The molecule has 3 aliphatic rings. The Balaban J connectivity index is 1.78. The predicted octanol–water partition coefficient (Wildman–Crippen LogP) is 3.96. The molecule has 1 N–H and O–H groups in total. The number of halogens is 3. The summed E-state index contributed by atoms with van der Waals surface area (Å²) in [6.07, 6.45) is 3.56. The Kier molecular flexibility index (Phi) is 6.16. The van der Waals surface area contributed by atoms with Gasteiger partial charge in [0.05, 0.1) is 5.92 Å². The first-order chi connectivity index (χ1) is 12.8. The number of alkyl halides is 3. The van der Waals surface area contributed by atoms with Crippen LogP contribution in [0.2, 0.25) is 0 Å². The molecule has 1 aliphatic heterocycles. The second-order valence-corrected chi connectivity index (χ2v) is 8.25. The first kappa shape index (κ1) is 20.2. The van der Waals surface area contributed by atoms with E-state index in [1.807, 2.05) is 4.90 Å². The molecule has 3 unspecified atom stereocenters. The third kappa shape index (κ3) is 4.49. The van der Waals surface area contributed by atoms with Gasteiger partial charge in [-0.2, -0.15) is 13.2 Å². The van der Waals surface area contributed by atoms with Crippen molar-refractivity contribution in [1.82, 2.24) is 10.2 Å². The lowest BCUT2D eigenvalue weighted by atomic mass is 9.79. The lowest BCUT2D eigenvalue weighted by molar-refractivity contribution is -0.185. The number of amides is 2. The van der Waals surface area contributed by atoms with Crippen LogP contribution in [0.3, 0.4) is 0 Å². The molecule has 1 saturated heterocycles. The minimum absolute atomic E-state index is 0.0824. The van der Waals surface area contributed by atoms with Crippen molar-refractivity contribution < 1.29 is 22.8 Å². The van der Waals surface area contributed by atoms with Crippen LogP contribution in [0.5, 0.6) is 0 Å². The summed E-state index contributed by atoms with van der Waals surface area (Å²) in [4.78, 5) is 26.9. The third-order valence-electron chi connectivity index (χ3n) is 6.66. The summed E-state index contributed by atoms with van der Waals surface area (Å²) in [6, 6.07) is -0.645. The number of likely N-dealkylation sites (tertiary alicyclic amines) is 1. The molecule has 3 atom stereocenters. The van der Waals surface area contributed by atoms with Gasteiger partial charge in [0.1, 0.15) is 6.04 Å². The van der Waals surface area contributed by atoms with Crippen LogP contribution < -0.4 is 5.32 Å². The number of hydrogen-bond acceptors (Lipinski definition) is 2. The van der Waals surface area contributed by atoms with E-state index in [-0.39, 0.29) is 36.7 Å². The van der Waals surface area contributed by atoms with Crippen LogP contribution in [0.25, 0.3) is 0 Å². The maximum absolute atomic E-state index is 13.3. The van der Waals surface area contributed by atoms with Gasteiger partial charge in [0.25, 0.3) is 0 Å². The quantitative estimate of drug-likeness (QED) is 0.747. The van der Waals surface area contributed by atoms with E-state index >= 15 is 0 Å². The Labute approximate surface area is 158 Å². The summed E-state index contributed by atoms with van der Waals surface area (Å²) >= 11 is 0. The van der Waals surface area contributed by atoms with Crippen molar-refractivity contribution in [3.8, 4) is 0 Å². The van der Waals surface area contributed by atoms with Gasteiger partial charge in [-0.15, -0.1) is 0 Å². The van der Waals surface area contributed by atoms with Crippen LogP contribution in [0.4, 0.5) is 13.2 Å². The van der Waals surface area contributed by atoms with Gasteiger partial charge in [-0.05, 0) is 63.4 Å². The summed E-state index contributed by atoms with van der Waals surface area (Å²) < 4.78 is 39.1. The topological polar surface area (TPSA) is 49.4 Å². The average Bonchev–Trinajstić information content (AvgIpc) is 2.78. The molecule has 0 aromatic carbocycles. The van der Waals surface area contributed by atoms with E-state index in [1.165, 1.54) is 0 Å². The fourth-order valence-corrected chi connectivity index (χ4v) is 5.24. The first-order valence-electron chi connectivity index (χ1n) is 10.1. The highest BCUT2D eigenvalue weighted by Gasteiger charge is 2.46. The second-order valence-electron chi connectivity index (χ2n) is 8.25. The molecule has 4 nitrogen and oxygen atoms in total. The van der Waals surface area contributed by atoms with Gasteiger partial charge in [-0.25, -0.2) is 0 Å². The predicted molar refractivity (Wildman–Crippen MR) is 95.8 cm³/mol. The van der Waals surface area contributed by atoms with E-state index in [1.54, 1.807) is 0 Å². The van der Waals surface area contributed by atoms with Gasteiger partial charge in [0, 0.05) is 12.1 Å². The normalized spacial score (nSPS) is 35.1. The lowest BCUT2D eigenvalue weighted by Gasteiger charge is -2.45. The summed E-state index contributed by atoms with van der Waals surface area (Å²) in [5, 5.41) is 2.74. The van der Waals surface area contributed by atoms with E-state index in [2.05, 4.69) is 11.9 Å². The Morgan fingerprint density at radius 2 is 1.70 bits per heavy atom. The highest BCUT2D eigenvalue weighted by molar-refractivity contribution is 5.92. The van der Waals surface area contributed by atoms with Crippen LogP contribution in [0, 0.1) is 11.8 Å². The van der Waals surface area contributed by atoms with Crippen molar-refractivity contribution in [3.05, 3.63) is 12.7 Å². The zero-order chi connectivity index (χ0) is 19.6. The summed E-state index contributed by atoms with van der Waals surface area (Å²) in [6.45, 7) is 3.44. The summed E-state index contributed by atoms with van der Waals surface area (Å²) in [7, 11) is 0. The molecule has 27 heavy (non-hydrogen) atoms. The minimum atomic E-state index is -4.15. The van der Waals surface area contributed by atoms with Crippen molar-refractivity contribution in [2.24, 2.45) is 11.8 Å². The van der Waals surface area contributed by atoms with Gasteiger partial charge >= 0.3 is 6.18 Å². The molecular formula is C20H29F3N2O2. The fourth-order valence-electron chi connectivity index (χ4n) is 5.24. The fraction of sp³-hybridized carbons (Fsp3) is 0.800. The molecule has 0 bridgehead atoms. The van der Waals surface area contributed by atoms with Crippen molar-refractivity contribution >= 4 is 11.8 Å². The zero-order valence-electron chi connectivity index (χ0n) is 15.6. The largest absolute Gasteiger partial charge is 0.391 e. The van der Waals surface area contributed by atoms with Gasteiger partial charge in [-0.1, -0.05) is 19.4 Å². The SMILES string of the molecule is C=CC(=O)NC1CCC2CCCCC2N(C2CCC(C(F)(F)F)CC2)C1=O. The molecule has 2 amide bonds. The molecule has 0 spiro atoms. The van der Waals surface area contributed by atoms with Crippen LogP contribution in [0.15, 0.2) is 12.7 Å². The standard InChI is InChI=1S/C20H29F3N2O2/c1-2-18(26)24-16-12-7-13-5-3-4-6-17(13)25(19(16)27)15-10-8-14(9-11-15)20(21,22)23/h2,13-17H,1,3-12H2,(H,24,26). The molecule has 3 fully saturated rings. The highest BCUT2D eigenvalue weighted by atomic mass is 19.4. The van der Waals surface area contributed by atoms with Crippen molar-refractivity contribution in [1.29, 1.82) is 0 Å². The molecule has 2 saturated carbocycles. The van der Waals surface area contributed by atoms with Crippen LogP contribution in [-0.4, -0.2) is 41.0 Å². The maximum atomic E-state index is 13.3. The third-order valence-corrected chi connectivity index (χ3v) is 6.66. The average molecular weight is 386 g/mol. The van der Waals surface area contributed by atoms with Crippen molar-refractivity contribution in [2.75, 3.05) is 0 Å². The van der Waals surface area contributed by atoms with E-state index in [9.17, 15) is 22.8 Å². The Morgan fingerprint density at radius 3 is 2.33 bits per heavy atom. The molecule has 7 heteroatoms. The van der Waals surface area contributed by atoms with Crippen molar-refractivity contribution in [3.63, 3.8) is 0 Å². The van der Waals surface area contributed by atoms with E-state index in [0.717, 1.165) is 38.2 Å². The zero-order valence-corrected chi connectivity index (χ0v) is 15.6. The van der Waals surface area contributed by atoms with Crippen LogP contribution in [0.1, 0.15) is 64.2 Å². The first-order valence-corrected chi connectivity index (χ1v) is 10.1. The van der Waals surface area contributed by atoms with E-state index in [0.29, 0.717) is 25.2 Å². The lowest BCUT2D eigenvalue weighted by Crippen LogP contribution is -2.56. The van der Waals surface area contributed by atoms with Gasteiger partial charge < -0.3 is 10.2 Å². The molecule has 3 rings (SSSR count). The Hall–Kier alpha value is -1.53. The van der Waals surface area contributed by atoms with E-state index < -0.39 is 18.1 Å². The summed E-state index contributed by atoms with van der Waals surface area (Å²) in [5.74, 6) is -1.36. The molecule has 0 radical (unpaired) electrons. The number of carbonyl (C=O) groups excluding carboxylic acids is 2. The Morgan fingerprint density at radius 1 is 1.04 bits per heavy atom. The number of nitrogens with one attached hydrogen (secondary N) is 1. The van der Waals surface area contributed by atoms with Gasteiger partial charge in [-0.3, -0.25) is 9.59 Å².